The van der Waals surface area contributed by atoms with Gasteiger partial charge in [-0.3, -0.25) is 9.78 Å². The molecule has 1 aromatic heterocycles. The van der Waals surface area contributed by atoms with Crippen LogP contribution in [0.15, 0.2) is 38.8 Å². The Labute approximate surface area is 133 Å². The zero-order chi connectivity index (χ0) is 15.6. The van der Waals surface area contributed by atoms with Crippen molar-refractivity contribution in [3.8, 4) is 5.69 Å². The molecule has 1 aromatic carbocycles. The zero-order valence-corrected chi connectivity index (χ0v) is 13.5. The number of rotatable bonds is 3. The summed E-state index contributed by atoms with van der Waals surface area (Å²) in [5.74, 6) is -0.519. The van der Waals surface area contributed by atoms with Crippen LogP contribution in [0.4, 0.5) is 10.2 Å². The van der Waals surface area contributed by atoms with Crippen LogP contribution in [0.3, 0.4) is 0 Å². The van der Waals surface area contributed by atoms with E-state index >= 15 is 0 Å². The number of aromatic nitrogens is 2. The van der Waals surface area contributed by atoms with Gasteiger partial charge in [0.05, 0.1) is 12.0 Å². The van der Waals surface area contributed by atoms with E-state index in [0.717, 1.165) is 10.6 Å². The second-order valence-electron chi connectivity index (χ2n) is 4.44. The highest BCUT2D eigenvalue weighted by Gasteiger charge is 2.12. The van der Waals surface area contributed by atoms with Crippen LogP contribution in [0.2, 0.25) is 0 Å². The molecule has 0 fully saturated rings. The van der Waals surface area contributed by atoms with Crippen LogP contribution >= 0.6 is 22.6 Å². The standard InChI is InChI=1S/C13H12FIN4O2/c1-18(2)7-16-11-6-12(20)17-13(21)19(11)10-4-3-8(15)5-9(10)14/h3-7H,1-2H3,(H,17,20,21)/b16-7+. The third-order valence-corrected chi connectivity index (χ3v) is 3.17. The first-order valence-electron chi connectivity index (χ1n) is 5.91. The van der Waals surface area contributed by atoms with Gasteiger partial charge in [0.2, 0.25) is 0 Å². The van der Waals surface area contributed by atoms with Gasteiger partial charge in [0.25, 0.3) is 5.56 Å². The van der Waals surface area contributed by atoms with E-state index in [1.165, 1.54) is 18.5 Å². The Balaban J connectivity index is 2.72. The first kappa shape index (κ1) is 15.4. The number of nitrogens with zero attached hydrogens (tertiary/aromatic N) is 3. The second kappa shape index (κ2) is 6.20. The Morgan fingerprint density at radius 2 is 2.05 bits per heavy atom. The summed E-state index contributed by atoms with van der Waals surface area (Å²) < 4.78 is 15.8. The maximum Gasteiger partial charge on any atom is 0.334 e. The molecule has 6 nitrogen and oxygen atoms in total. The maximum absolute atomic E-state index is 14.1. The number of hydrogen-bond donors (Lipinski definition) is 1. The Bertz CT molecular complexity index is 811. The summed E-state index contributed by atoms with van der Waals surface area (Å²) in [7, 11) is 3.48. The van der Waals surface area contributed by atoms with Crippen molar-refractivity contribution in [1.82, 2.24) is 14.5 Å². The van der Waals surface area contributed by atoms with Gasteiger partial charge in [-0.25, -0.2) is 18.7 Å². The van der Waals surface area contributed by atoms with E-state index in [-0.39, 0.29) is 11.5 Å². The lowest BCUT2D eigenvalue weighted by molar-refractivity contribution is 0.613. The molecule has 8 heteroatoms. The van der Waals surface area contributed by atoms with Crippen molar-refractivity contribution in [3.63, 3.8) is 0 Å². The number of aliphatic imine (C=N–C) groups is 1. The first-order chi connectivity index (χ1) is 9.88. The minimum Gasteiger partial charge on any atom is -0.369 e. The van der Waals surface area contributed by atoms with Crippen LogP contribution < -0.4 is 11.2 Å². The SMILES string of the molecule is CN(C)/C=N/c1cc(=O)[nH]c(=O)n1-c1ccc(I)cc1F. The second-order valence-corrected chi connectivity index (χ2v) is 5.68. The fourth-order valence-electron chi connectivity index (χ4n) is 1.65. The molecule has 2 rings (SSSR count). The van der Waals surface area contributed by atoms with Gasteiger partial charge >= 0.3 is 5.69 Å². The molecule has 0 aliphatic carbocycles. The molecule has 0 atom stereocenters. The average Bonchev–Trinajstić information content (AvgIpc) is 2.37. The van der Waals surface area contributed by atoms with Gasteiger partial charge in [-0.1, -0.05) is 0 Å². The molecule has 1 N–H and O–H groups in total. The van der Waals surface area contributed by atoms with E-state index in [1.807, 2.05) is 22.6 Å². The molecule has 0 bridgehead atoms. The molecule has 110 valence electrons. The summed E-state index contributed by atoms with van der Waals surface area (Å²) in [6.45, 7) is 0. The molecule has 0 saturated heterocycles. The third-order valence-electron chi connectivity index (χ3n) is 2.49. The molecule has 0 aliphatic rings. The fraction of sp³-hybridized carbons (Fsp3) is 0.154. The summed E-state index contributed by atoms with van der Waals surface area (Å²) in [4.78, 5) is 31.2. The number of H-pyrrole nitrogens is 1. The van der Waals surface area contributed by atoms with Crippen molar-refractivity contribution in [1.29, 1.82) is 0 Å². The Kier molecular flexibility index (Phi) is 4.56. The molecule has 0 radical (unpaired) electrons. The van der Waals surface area contributed by atoms with Crippen LogP contribution in [-0.2, 0) is 0 Å². The van der Waals surface area contributed by atoms with Crippen LogP contribution in [0.5, 0.6) is 0 Å². The quantitative estimate of drug-likeness (QED) is 0.481. The van der Waals surface area contributed by atoms with Crippen molar-refractivity contribution in [3.05, 3.63) is 54.5 Å². The smallest absolute Gasteiger partial charge is 0.334 e. The predicted molar refractivity (Wildman–Crippen MR) is 87.2 cm³/mol. The molecule has 2 aromatic rings. The van der Waals surface area contributed by atoms with E-state index in [9.17, 15) is 14.0 Å². The Hall–Kier alpha value is -1.97. The van der Waals surface area contributed by atoms with Crippen LogP contribution in [-0.4, -0.2) is 34.9 Å². The number of halogens is 2. The Morgan fingerprint density at radius 3 is 2.67 bits per heavy atom. The normalized spacial score (nSPS) is 11.0. The lowest BCUT2D eigenvalue weighted by Crippen LogP contribution is -2.28. The molecule has 1 heterocycles. The van der Waals surface area contributed by atoms with E-state index in [4.69, 9.17) is 0 Å². The summed E-state index contributed by atoms with van der Waals surface area (Å²) in [6, 6.07) is 5.56. The summed E-state index contributed by atoms with van der Waals surface area (Å²) in [5.41, 5.74) is -1.30. The van der Waals surface area contributed by atoms with Crippen molar-refractivity contribution in [2.75, 3.05) is 14.1 Å². The molecule has 21 heavy (non-hydrogen) atoms. The molecular formula is C13H12FIN4O2. The first-order valence-corrected chi connectivity index (χ1v) is 6.99. The molecule has 0 saturated carbocycles. The minimum atomic E-state index is -0.742. The summed E-state index contributed by atoms with van der Waals surface area (Å²) in [6.07, 6.45) is 1.43. The number of benzene rings is 1. The molecular weight excluding hydrogens is 390 g/mol. The Morgan fingerprint density at radius 1 is 1.33 bits per heavy atom. The van der Waals surface area contributed by atoms with Crippen molar-refractivity contribution in [2.45, 2.75) is 0 Å². The van der Waals surface area contributed by atoms with Gasteiger partial charge in [-0.15, -0.1) is 0 Å². The summed E-state index contributed by atoms with van der Waals surface area (Å²) in [5, 5.41) is 0. The van der Waals surface area contributed by atoms with Gasteiger partial charge in [0.1, 0.15) is 11.6 Å². The highest BCUT2D eigenvalue weighted by molar-refractivity contribution is 14.1. The number of nitrogens with one attached hydrogen (secondary N) is 1. The highest BCUT2D eigenvalue weighted by Crippen LogP contribution is 2.19. The molecule has 0 unspecified atom stereocenters. The lowest BCUT2D eigenvalue weighted by Gasteiger charge is -2.10. The third kappa shape index (κ3) is 3.57. The van der Waals surface area contributed by atoms with Crippen LogP contribution in [0.1, 0.15) is 0 Å². The van der Waals surface area contributed by atoms with E-state index in [1.54, 1.807) is 25.1 Å². The van der Waals surface area contributed by atoms with Crippen molar-refractivity contribution < 1.29 is 4.39 Å². The van der Waals surface area contributed by atoms with E-state index in [0.29, 0.717) is 3.57 Å². The lowest BCUT2D eigenvalue weighted by atomic mass is 10.3. The van der Waals surface area contributed by atoms with Crippen molar-refractivity contribution in [2.24, 2.45) is 4.99 Å². The molecule has 0 amide bonds. The summed E-state index contributed by atoms with van der Waals surface area (Å²) >= 11 is 1.97. The molecule has 0 spiro atoms. The fourth-order valence-corrected chi connectivity index (χ4v) is 2.10. The van der Waals surface area contributed by atoms with Gasteiger partial charge in [0.15, 0.2) is 0 Å². The monoisotopic (exact) mass is 402 g/mol. The minimum absolute atomic E-state index is 0.0302. The van der Waals surface area contributed by atoms with Gasteiger partial charge in [0, 0.05) is 23.7 Å². The largest absolute Gasteiger partial charge is 0.369 e. The van der Waals surface area contributed by atoms with Gasteiger partial charge in [-0.2, -0.15) is 0 Å². The number of hydrogen-bond acceptors (Lipinski definition) is 3. The zero-order valence-electron chi connectivity index (χ0n) is 11.3. The maximum atomic E-state index is 14.1. The predicted octanol–water partition coefficient (Wildman–Crippen LogP) is 1.49. The number of aromatic amines is 1. The van der Waals surface area contributed by atoms with E-state index in [2.05, 4.69) is 9.98 Å². The average molecular weight is 402 g/mol. The van der Waals surface area contributed by atoms with Gasteiger partial charge < -0.3 is 4.90 Å². The van der Waals surface area contributed by atoms with E-state index < -0.39 is 17.1 Å². The topological polar surface area (TPSA) is 70.5 Å². The van der Waals surface area contributed by atoms with Crippen LogP contribution in [0, 0.1) is 9.39 Å². The van der Waals surface area contributed by atoms with Crippen LogP contribution in [0.25, 0.3) is 5.69 Å². The van der Waals surface area contributed by atoms with Crippen molar-refractivity contribution >= 4 is 34.7 Å². The highest BCUT2D eigenvalue weighted by atomic mass is 127. The molecule has 0 aliphatic heterocycles. The van der Waals surface area contributed by atoms with Gasteiger partial charge in [-0.05, 0) is 40.8 Å².